The van der Waals surface area contributed by atoms with Crippen molar-refractivity contribution in [2.24, 2.45) is 0 Å². The largest absolute Gasteiger partial charge is 0.304 e. The molecule has 90 valence electrons. The first-order valence-corrected chi connectivity index (χ1v) is 6.49. The van der Waals surface area contributed by atoms with Crippen molar-refractivity contribution in [3.05, 3.63) is 57.2 Å². The number of benzene rings is 1. The smallest absolute Gasteiger partial charge is 0.288 e. The Bertz CT molecular complexity index is 732. The van der Waals surface area contributed by atoms with Gasteiger partial charge in [-0.1, -0.05) is 23.7 Å². The lowest BCUT2D eigenvalue weighted by atomic mass is 10.3. The fourth-order valence-electron chi connectivity index (χ4n) is 1.68. The topological polar surface area (TPSA) is 47.8 Å². The Kier molecular flexibility index (Phi) is 2.85. The Morgan fingerprint density at radius 2 is 2.17 bits per heavy atom. The molecule has 0 N–H and O–H groups in total. The van der Waals surface area contributed by atoms with Crippen molar-refractivity contribution in [3.63, 3.8) is 0 Å². The van der Waals surface area contributed by atoms with Gasteiger partial charge in [-0.2, -0.15) is 0 Å². The lowest BCUT2D eigenvalue weighted by Gasteiger charge is -2.01. The number of hydrogen-bond donors (Lipinski definition) is 0. The molecule has 2 heterocycles. The van der Waals surface area contributed by atoms with Crippen molar-refractivity contribution >= 4 is 33.2 Å². The third-order valence-electron chi connectivity index (χ3n) is 2.52. The van der Waals surface area contributed by atoms with Crippen LogP contribution < -0.4 is 5.56 Å². The van der Waals surface area contributed by atoms with Crippen LogP contribution in [-0.2, 0) is 6.54 Å². The zero-order valence-corrected chi connectivity index (χ0v) is 10.8. The maximum Gasteiger partial charge on any atom is 0.288 e. The molecule has 0 bridgehead atoms. The third-order valence-corrected chi connectivity index (χ3v) is 3.80. The molecule has 6 heteroatoms. The second kappa shape index (κ2) is 4.51. The van der Waals surface area contributed by atoms with Crippen LogP contribution >= 0.6 is 22.9 Å². The summed E-state index contributed by atoms with van der Waals surface area (Å²) in [4.78, 5) is 19.9. The minimum atomic E-state index is -0.293. The molecular formula is C12H8ClN3OS. The van der Waals surface area contributed by atoms with Crippen LogP contribution in [0.1, 0.15) is 5.01 Å². The highest BCUT2D eigenvalue weighted by atomic mass is 35.5. The number of aromatic nitrogens is 3. The summed E-state index contributed by atoms with van der Waals surface area (Å²) < 4.78 is 2.62. The van der Waals surface area contributed by atoms with E-state index in [-0.39, 0.29) is 10.7 Å². The number of thiazole rings is 1. The fraction of sp³-hybridized carbons (Fsp3) is 0.0833. The molecule has 0 saturated heterocycles. The van der Waals surface area contributed by atoms with Gasteiger partial charge in [0, 0.05) is 12.4 Å². The van der Waals surface area contributed by atoms with Gasteiger partial charge in [0.15, 0.2) is 5.15 Å². The highest BCUT2D eigenvalue weighted by Crippen LogP contribution is 2.21. The summed E-state index contributed by atoms with van der Waals surface area (Å²) in [5.74, 6) is 0. The van der Waals surface area contributed by atoms with Gasteiger partial charge in [0.05, 0.1) is 16.8 Å². The Balaban J connectivity index is 2.01. The van der Waals surface area contributed by atoms with Crippen molar-refractivity contribution in [2.75, 3.05) is 0 Å². The van der Waals surface area contributed by atoms with E-state index in [1.807, 2.05) is 24.3 Å². The Labute approximate surface area is 112 Å². The normalized spacial score (nSPS) is 10.9. The van der Waals surface area contributed by atoms with Gasteiger partial charge in [-0.3, -0.25) is 4.79 Å². The molecule has 0 spiro atoms. The van der Waals surface area contributed by atoms with E-state index in [2.05, 4.69) is 9.97 Å². The minimum absolute atomic E-state index is 0.0152. The summed E-state index contributed by atoms with van der Waals surface area (Å²) in [6.07, 6.45) is 3.12. The molecule has 3 aromatic rings. The van der Waals surface area contributed by atoms with E-state index >= 15 is 0 Å². The van der Waals surface area contributed by atoms with Crippen LogP contribution in [0, 0.1) is 0 Å². The molecule has 0 amide bonds. The molecule has 0 aliphatic rings. The fourth-order valence-corrected chi connectivity index (χ4v) is 2.81. The number of fused-ring (bicyclic) bond motifs is 1. The van der Waals surface area contributed by atoms with Crippen molar-refractivity contribution in [1.82, 2.24) is 14.5 Å². The highest BCUT2D eigenvalue weighted by Gasteiger charge is 2.06. The second-order valence-electron chi connectivity index (χ2n) is 3.73. The van der Waals surface area contributed by atoms with Crippen LogP contribution in [0.2, 0.25) is 5.15 Å². The number of rotatable bonds is 2. The van der Waals surface area contributed by atoms with Crippen LogP contribution in [0.4, 0.5) is 0 Å². The standard InChI is InChI=1S/C12H8ClN3OS/c13-11-12(17)16(6-5-14-11)7-10-15-8-3-1-2-4-9(8)18-10/h1-6H,7H2. The average molecular weight is 278 g/mol. The minimum Gasteiger partial charge on any atom is -0.304 e. The predicted octanol–water partition coefficient (Wildman–Crippen LogP) is 2.55. The van der Waals surface area contributed by atoms with Gasteiger partial charge in [-0.25, -0.2) is 9.97 Å². The molecule has 0 aliphatic carbocycles. The van der Waals surface area contributed by atoms with Crippen molar-refractivity contribution in [2.45, 2.75) is 6.54 Å². The monoisotopic (exact) mass is 277 g/mol. The van der Waals surface area contributed by atoms with Gasteiger partial charge in [0.2, 0.25) is 0 Å². The van der Waals surface area contributed by atoms with E-state index in [4.69, 9.17) is 11.6 Å². The molecule has 0 radical (unpaired) electrons. The zero-order valence-electron chi connectivity index (χ0n) is 9.21. The number of hydrogen-bond acceptors (Lipinski definition) is 4. The maximum absolute atomic E-state index is 11.7. The molecule has 0 aliphatic heterocycles. The van der Waals surface area contributed by atoms with Crippen LogP contribution in [-0.4, -0.2) is 14.5 Å². The summed E-state index contributed by atoms with van der Waals surface area (Å²) >= 11 is 7.27. The van der Waals surface area contributed by atoms with Crippen LogP contribution in [0.5, 0.6) is 0 Å². The van der Waals surface area contributed by atoms with Gasteiger partial charge in [-0.05, 0) is 12.1 Å². The van der Waals surface area contributed by atoms with Crippen molar-refractivity contribution < 1.29 is 0 Å². The predicted molar refractivity (Wildman–Crippen MR) is 72.2 cm³/mol. The Morgan fingerprint density at radius 3 is 3.00 bits per heavy atom. The van der Waals surface area contributed by atoms with Crippen LogP contribution in [0.15, 0.2) is 41.5 Å². The van der Waals surface area contributed by atoms with Gasteiger partial charge in [0.25, 0.3) is 5.56 Å². The quantitative estimate of drug-likeness (QED) is 0.723. The summed E-state index contributed by atoms with van der Waals surface area (Å²) in [5, 5.41) is 0.860. The van der Waals surface area contributed by atoms with Gasteiger partial charge < -0.3 is 4.57 Å². The Morgan fingerprint density at radius 1 is 1.33 bits per heavy atom. The number of para-hydroxylation sites is 1. The highest BCUT2D eigenvalue weighted by molar-refractivity contribution is 7.18. The molecule has 0 atom stereocenters. The molecule has 0 fully saturated rings. The first-order chi connectivity index (χ1) is 8.74. The maximum atomic E-state index is 11.7. The molecule has 4 nitrogen and oxygen atoms in total. The molecule has 0 unspecified atom stereocenters. The van der Waals surface area contributed by atoms with Crippen molar-refractivity contribution in [1.29, 1.82) is 0 Å². The molecule has 18 heavy (non-hydrogen) atoms. The van der Waals surface area contributed by atoms with E-state index in [0.717, 1.165) is 15.2 Å². The molecule has 2 aromatic heterocycles. The SMILES string of the molecule is O=c1c(Cl)nccn1Cc1nc2ccccc2s1. The molecular weight excluding hydrogens is 270 g/mol. The summed E-state index contributed by atoms with van der Waals surface area (Å²) in [7, 11) is 0. The number of halogens is 1. The van der Waals surface area contributed by atoms with Gasteiger partial charge in [-0.15, -0.1) is 11.3 Å². The van der Waals surface area contributed by atoms with Crippen LogP contribution in [0.25, 0.3) is 10.2 Å². The number of nitrogens with zero attached hydrogens (tertiary/aromatic N) is 3. The van der Waals surface area contributed by atoms with Crippen molar-refractivity contribution in [3.8, 4) is 0 Å². The Hall–Kier alpha value is -1.72. The average Bonchev–Trinajstić information content (AvgIpc) is 2.77. The third kappa shape index (κ3) is 2.02. The first-order valence-electron chi connectivity index (χ1n) is 5.29. The first kappa shape index (κ1) is 11.4. The van der Waals surface area contributed by atoms with Crippen LogP contribution in [0.3, 0.4) is 0 Å². The molecule has 1 aromatic carbocycles. The van der Waals surface area contributed by atoms with Gasteiger partial charge in [0.1, 0.15) is 5.01 Å². The zero-order chi connectivity index (χ0) is 12.5. The van der Waals surface area contributed by atoms with E-state index < -0.39 is 0 Å². The molecule has 0 saturated carbocycles. The summed E-state index contributed by atoms with van der Waals surface area (Å²) in [6.45, 7) is 0.417. The summed E-state index contributed by atoms with van der Waals surface area (Å²) in [5.41, 5.74) is 0.657. The lowest BCUT2D eigenvalue weighted by molar-refractivity contribution is 0.745. The van der Waals surface area contributed by atoms with E-state index in [9.17, 15) is 4.79 Å². The van der Waals surface area contributed by atoms with E-state index in [0.29, 0.717) is 6.54 Å². The van der Waals surface area contributed by atoms with E-state index in [1.54, 1.807) is 17.5 Å². The van der Waals surface area contributed by atoms with E-state index in [1.165, 1.54) is 10.8 Å². The lowest BCUT2D eigenvalue weighted by Crippen LogP contribution is -2.21. The molecule has 3 rings (SSSR count). The summed E-state index contributed by atoms with van der Waals surface area (Å²) in [6, 6.07) is 7.89. The van der Waals surface area contributed by atoms with Gasteiger partial charge >= 0.3 is 0 Å². The second-order valence-corrected chi connectivity index (χ2v) is 5.20.